The zero-order chi connectivity index (χ0) is 13.1. The minimum absolute atomic E-state index is 0.248. The molecule has 0 radical (unpaired) electrons. The molecule has 0 aliphatic rings. The summed E-state index contributed by atoms with van der Waals surface area (Å²) in [7, 11) is 0. The summed E-state index contributed by atoms with van der Waals surface area (Å²) < 4.78 is 1.84. The van der Waals surface area contributed by atoms with E-state index in [0.717, 1.165) is 5.82 Å². The van der Waals surface area contributed by atoms with Gasteiger partial charge in [-0.15, -0.1) is 0 Å². The number of thiocarbonyl (C=S) groups is 1. The SMILES string of the molecule is CC(C)n1nccc1Nc1nccc(C(N)=S)n1. The summed E-state index contributed by atoms with van der Waals surface area (Å²) >= 11 is 4.88. The Bertz CT molecular complexity index is 562. The van der Waals surface area contributed by atoms with E-state index in [0.29, 0.717) is 11.6 Å². The highest BCUT2D eigenvalue weighted by atomic mass is 32.1. The van der Waals surface area contributed by atoms with E-state index < -0.39 is 0 Å². The first-order valence-electron chi connectivity index (χ1n) is 5.51. The molecule has 0 fully saturated rings. The molecular weight excluding hydrogens is 248 g/mol. The third kappa shape index (κ3) is 2.62. The molecule has 0 aliphatic carbocycles. The van der Waals surface area contributed by atoms with Gasteiger partial charge in [-0.2, -0.15) is 5.10 Å². The lowest BCUT2D eigenvalue weighted by molar-refractivity contribution is 0.539. The van der Waals surface area contributed by atoms with Gasteiger partial charge < -0.3 is 11.1 Å². The van der Waals surface area contributed by atoms with Crippen molar-refractivity contribution in [3.63, 3.8) is 0 Å². The first-order chi connectivity index (χ1) is 8.58. The number of nitrogens with zero attached hydrogens (tertiary/aromatic N) is 4. The highest BCUT2D eigenvalue weighted by Gasteiger charge is 2.08. The number of hydrogen-bond acceptors (Lipinski definition) is 5. The van der Waals surface area contributed by atoms with Gasteiger partial charge in [-0.1, -0.05) is 12.2 Å². The summed E-state index contributed by atoms with van der Waals surface area (Å²) in [6.07, 6.45) is 3.33. The van der Waals surface area contributed by atoms with Crippen LogP contribution in [0.5, 0.6) is 0 Å². The van der Waals surface area contributed by atoms with Gasteiger partial charge in [0.15, 0.2) is 0 Å². The molecule has 0 saturated carbocycles. The van der Waals surface area contributed by atoms with Crippen molar-refractivity contribution in [2.45, 2.75) is 19.9 Å². The predicted octanol–water partition coefficient (Wildman–Crippen LogP) is 1.63. The molecule has 0 aliphatic heterocycles. The molecule has 6 nitrogen and oxygen atoms in total. The van der Waals surface area contributed by atoms with Crippen LogP contribution in [0, 0.1) is 0 Å². The molecule has 0 spiro atoms. The summed E-state index contributed by atoms with van der Waals surface area (Å²) in [6.45, 7) is 4.09. The van der Waals surface area contributed by atoms with E-state index in [1.807, 2.05) is 24.6 Å². The second kappa shape index (κ2) is 5.09. The zero-order valence-corrected chi connectivity index (χ0v) is 11.0. The highest BCUT2D eigenvalue weighted by molar-refractivity contribution is 7.80. The van der Waals surface area contributed by atoms with Crippen molar-refractivity contribution in [2.75, 3.05) is 5.32 Å². The highest BCUT2D eigenvalue weighted by Crippen LogP contribution is 2.16. The van der Waals surface area contributed by atoms with Crippen molar-refractivity contribution in [2.24, 2.45) is 5.73 Å². The maximum Gasteiger partial charge on any atom is 0.228 e. The van der Waals surface area contributed by atoms with Gasteiger partial charge >= 0.3 is 0 Å². The summed E-state index contributed by atoms with van der Waals surface area (Å²) in [5.74, 6) is 1.27. The Hall–Kier alpha value is -2.02. The van der Waals surface area contributed by atoms with Crippen molar-refractivity contribution < 1.29 is 0 Å². The molecule has 0 unspecified atom stereocenters. The maximum absolute atomic E-state index is 5.53. The predicted molar refractivity (Wildman–Crippen MR) is 73.8 cm³/mol. The Kier molecular flexibility index (Phi) is 3.52. The van der Waals surface area contributed by atoms with Crippen molar-refractivity contribution >= 4 is 29.0 Å². The molecular formula is C11H14N6S. The fourth-order valence-corrected chi connectivity index (χ4v) is 1.61. The minimum Gasteiger partial charge on any atom is -0.388 e. The van der Waals surface area contributed by atoms with Crippen molar-refractivity contribution in [1.29, 1.82) is 0 Å². The van der Waals surface area contributed by atoms with Crippen LogP contribution in [-0.2, 0) is 0 Å². The van der Waals surface area contributed by atoms with Crippen LogP contribution in [0.25, 0.3) is 0 Å². The molecule has 7 heteroatoms. The van der Waals surface area contributed by atoms with Gasteiger partial charge in [0.2, 0.25) is 5.95 Å². The topological polar surface area (TPSA) is 81.7 Å². The lowest BCUT2D eigenvalue weighted by atomic mass is 10.4. The normalized spacial score (nSPS) is 10.6. The Morgan fingerprint density at radius 2 is 2.17 bits per heavy atom. The Morgan fingerprint density at radius 1 is 1.39 bits per heavy atom. The standard InChI is InChI=1S/C11H14N6S/c1-7(2)17-9(4-6-14-17)16-11-13-5-3-8(15-11)10(12)18/h3-7H,1-2H3,(H2,12,18)(H,13,15,16). The van der Waals surface area contributed by atoms with E-state index in [2.05, 4.69) is 20.4 Å². The number of rotatable bonds is 4. The largest absolute Gasteiger partial charge is 0.388 e. The molecule has 0 bridgehead atoms. The molecule has 0 aromatic carbocycles. The van der Waals surface area contributed by atoms with Crippen LogP contribution in [0.3, 0.4) is 0 Å². The average Bonchev–Trinajstić information content (AvgIpc) is 2.77. The third-order valence-corrected chi connectivity index (χ3v) is 2.52. The average molecular weight is 262 g/mol. The van der Waals surface area contributed by atoms with Crippen LogP contribution >= 0.6 is 12.2 Å². The van der Waals surface area contributed by atoms with Gasteiger partial charge in [0.1, 0.15) is 16.5 Å². The third-order valence-electron chi connectivity index (χ3n) is 2.31. The Labute approximate surface area is 110 Å². The molecule has 3 N–H and O–H groups in total. The first-order valence-corrected chi connectivity index (χ1v) is 5.92. The number of aromatic nitrogens is 4. The Balaban J connectivity index is 2.26. The van der Waals surface area contributed by atoms with Gasteiger partial charge in [-0.3, -0.25) is 0 Å². The van der Waals surface area contributed by atoms with E-state index in [4.69, 9.17) is 18.0 Å². The summed E-state index contributed by atoms with van der Waals surface area (Å²) in [6, 6.07) is 3.78. The lowest BCUT2D eigenvalue weighted by Gasteiger charge is -2.11. The van der Waals surface area contributed by atoms with Gasteiger partial charge in [0, 0.05) is 18.3 Å². The van der Waals surface area contributed by atoms with Gasteiger partial charge in [-0.05, 0) is 19.9 Å². The second-order valence-corrected chi connectivity index (χ2v) is 4.45. The quantitative estimate of drug-likeness (QED) is 0.815. The van der Waals surface area contributed by atoms with E-state index in [9.17, 15) is 0 Å². The summed E-state index contributed by atoms with van der Waals surface area (Å²) in [5.41, 5.74) is 6.07. The van der Waals surface area contributed by atoms with Crippen LogP contribution in [0.2, 0.25) is 0 Å². The fourth-order valence-electron chi connectivity index (χ4n) is 1.50. The molecule has 0 atom stereocenters. The van der Waals surface area contributed by atoms with E-state index in [1.165, 1.54) is 0 Å². The fraction of sp³-hybridized carbons (Fsp3) is 0.273. The Morgan fingerprint density at radius 3 is 2.83 bits per heavy atom. The van der Waals surface area contributed by atoms with E-state index in [1.54, 1.807) is 18.5 Å². The van der Waals surface area contributed by atoms with Gasteiger partial charge in [0.25, 0.3) is 0 Å². The van der Waals surface area contributed by atoms with Crippen LogP contribution in [0.4, 0.5) is 11.8 Å². The van der Waals surface area contributed by atoms with Crippen molar-refractivity contribution in [3.05, 3.63) is 30.2 Å². The van der Waals surface area contributed by atoms with Crippen molar-refractivity contribution in [1.82, 2.24) is 19.7 Å². The lowest BCUT2D eigenvalue weighted by Crippen LogP contribution is -2.14. The van der Waals surface area contributed by atoms with Crippen LogP contribution in [0.15, 0.2) is 24.5 Å². The molecule has 2 aromatic rings. The van der Waals surface area contributed by atoms with E-state index >= 15 is 0 Å². The molecule has 0 saturated heterocycles. The number of hydrogen-bond donors (Lipinski definition) is 2. The molecule has 2 aromatic heterocycles. The first kappa shape index (κ1) is 12.4. The van der Waals surface area contributed by atoms with Crippen molar-refractivity contribution in [3.8, 4) is 0 Å². The summed E-state index contributed by atoms with van der Waals surface area (Å²) in [4.78, 5) is 8.58. The molecule has 2 rings (SSSR count). The molecule has 2 heterocycles. The minimum atomic E-state index is 0.248. The number of nitrogens with one attached hydrogen (secondary N) is 1. The zero-order valence-electron chi connectivity index (χ0n) is 10.2. The van der Waals surface area contributed by atoms with E-state index in [-0.39, 0.29) is 11.0 Å². The maximum atomic E-state index is 5.53. The molecule has 18 heavy (non-hydrogen) atoms. The number of nitrogens with two attached hydrogens (primary N) is 1. The van der Waals surface area contributed by atoms with Gasteiger partial charge in [0.05, 0.1) is 6.20 Å². The van der Waals surface area contributed by atoms with Gasteiger partial charge in [-0.25, -0.2) is 14.6 Å². The second-order valence-electron chi connectivity index (χ2n) is 4.01. The smallest absolute Gasteiger partial charge is 0.228 e. The number of anilines is 2. The van der Waals surface area contributed by atoms with Crippen LogP contribution < -0.4 is 11.1 Å². The summed E-state index contributed by atoms with van der Waals surface area (Å²) in [5, 5.41) is 7.31. The van der Waals surface area contributed by atoms with Crippen LogP contribution in [0.1, 0.15) is 25.6 Å². The molecule has 0 amide bonds. The molecule has 94 valence electrons. The monoisotopic (exact) mass is 262 g/mol. The van der Waals surface area contributed by atoms with Crippen LogP contribution in [-0.4, -0.2) is 24.7 Å².